The lowest BCUT2D eigenvalue weighted by molar-refractivity contribution is -0.140. The van der Waals surface area contributed by atoms with Crippen molar-refractivity contribution in [2.45, 2.75) is 51.0 Å². The number of carbonyl (C=O) groups is 2. The lowest BCUT2D eigenvalue weighted by Gasteiger charge is -2.39. The van der Waals surface area contributed by atoms with Crippen molar-refractivity contribution in [2.24, 2.45) is 10.8 Å². The normalized spacial score (nSPS) is 27.0. The Morgan fingerprint density at radius 3 is 2.47 bits per heavy atom. The summed E-state index contributed by atoms with van der Waals surface area (Å²) < 4.78 is 44.4. The van der Waals surface area contributed by atoms with Crippen LogP contribution in [0, 0.1) is 10.8 Å². The first kappa shape index (κ1) is 24.7. The molecule has 1 aliphatic carbocycles. The van der Waals surface area contributed by atoms with E-state index in [0.29, 0.717) is 12.2 Å². The van der Waals surface area contributed by atoms with Crippen LogP contribution in [0.4, 0.5) is 5.69 Å². The quantitative estimate of drug-likeness (QED) is 0.578. The second-order valence-electron chi connectivity index (χ2n) is 10.5. The molecule has 9 nitrogen and oxygen atoms in total. The van der Waals surface area contributed by atoms with Crippen LogP contribution in [-0.2, 0) is 33.8 Å². The Morgan fingerprint density at radius 2 is 1.79 bits per heavy atom. The summed E-state index contributed by atoms with van der Waals surface area (Å²) in [5.74, 6) is -1.45. The van der Waals surface area contributed by atoms with Crippen LogP contribution >= 0.6 is 0 Å². The van der Waals surface area contributed by atoms with Crippen LogP contribution in [0.3, 0.4) is 0 Å². The molecular weight excluding hydrogens is 460 g/mol. The van der Waals surface area contributed by atoms with Crippen LogP contribution in [0.15, 0.2) is 40.4 Å². The summed E-state index contributed by atoms with van der Waals surface area (Å²) in [6.45, 7) is 6.89. The fourth-order valence-corrected chi connectivity index (χ4v) is 7.80. The highest BCUT2D eigenvalue weighted by Crippen LogP contribution is 2.53. The Bertz CT molecular complexity index is 1140. The van der Waals surface area contributed by atoms with Crippen molar-refractivity contribution >= 4 is 27.6 Å². The van der Waals surface area contributed by atoms with Gasteiger partial charge in [-0.3, -0.25) is 0 Å². The van der Waals surface area contributed by atoms with Gasteiger partial charge in [0.2, 0.25) is 10.0 Å². The van der Waals surface area contributed by atoms with Crippen molar-refractivity contribution in [1.82, 2.24) is 4.31 Å². The number of rotatable bonds is 5. The van der Waals surface area contributed by atoms with E-state index in [9.17, 15) is 18.0 Å². The van der Waals surface area contributed by atoms with E-state index >= 15 is 0 Å². The highest BCUT2D eigenvalue weighted by molar-refractivity contribution is 7.89. The Morgan fingerprint density at radius 1 is 1.09 bits per heavy atom. The second kappa shape index (κ2) is 8.66. The lowest BCUT2D eigenvalue weighted by atomic mass is 9.65. The van der Waals surface area contributed by atoms with Crippen LogP contribution in [0.25, 0.3) is 0 Å². The average Bonchev–Trinajstić information content (AvgIpc) is 3.06. The van der Waals surface area contributed by atoms with Gasteiger partial charge in [0.1, 0.15) is 12.4 Å². The number of methoxy groups -OCH3 is 2. The Hall–Kier alpha value is -2.43. The molecule has 0 N–H and O–H groups in total. The predicted octanol–water partition coefficient (Wildman–Crippen LogP) is 2.67. The smallest absolute Gasteiger partial charge is 0.355 e. The first-order valence-electron chi connectivity index (χ1n) is 11.3. The SMILES string of the molecule is COC(=O)C1=C(C(=O)OC)N(c2cccc(S(=O)(=O)N3CC4(C)CC3CC(C)(C)C4)c2)COC1. The number of anilines is 1. The van der Waals surface area contributed by atoms with Crippen molar-refractivity contribution in [3.05, 3.63) is 35.5 Å². The predicted molar refractivity (Wildman–Crippen MR) is 124 cm³/mol. The molecule has 1 aromatic carbocycles. The number of fused-ring (bicyclic) bond motifs is 2. The number of esters is 2. The summed E-state index contributed by atoms with van der Waals surface area (Å²) in [4.78, 5) is 26.4. The van der Waals surface area contributed by atoms with E-state index in [2.05, 4.69) is 20.8 Å². The van der Waals surface area contributed by atoms with Crippen LogP contribution in [-0.4, -0.2) is 64.8 Å². The maximum atomic E-state index is 13.8. The maximum absolute atomic E-state index is 13.8. The largest absolute Gasteiger partial charge is 0.466 e. The molecule has 0 aromatic heterocycles. The van der Waals surface area contributed by atoms with Gasteiger partial charge < -0.3 is 19.1 Å². The van der Waals surface area contributed by atoms with Crippen LogP contribution in [0.2, 0.25) is 0 Å². The van der Waals surface area contributed by atoms with Crippen molar-refractivity contribution < 1.29 is 32.2 Å². The topological polar surface area (TPSA) is 102 Å². The number of carbonyl (C=O) groups excluding carboxylic acids is 2. The molecule has 2 unspecified atom stereocenters. The molecule has 4 rings (SSSR count). The highest BCUT2D eigenvalue weighted by Gasteiger charge is 2.53. The molecule has 2 aliphatic heterocycles. The minimum atomic E-state index is -3.78. The van der Waals surface area contributed by atoms with Crippen molar-refractivity contribution in [2.75, 3.05) is 39.0 Å². The molecular formula is C24H32N2O7S. The first-order valence-corrected chi connectivity index (χ1v) is 12.7. The summed E-state index contributed by atoms with van der Waals surface area (Å²) >= 11 is 0. The molecule has 0 amide bonds. The number of sulfonamides is 1. The van der Waals surface area contributed by atoms with Crippen molar-refractivity contribution in [1.29, 1.82) is 0 Å². The Balaban J connectivity index is 1.72. The van der Waals surface area contributed by atoms with Gasteiger partial charge >= 0.3 is 11.9 Å². The molecule has 2 heterocycles. The van der Waals surface area contributed by atoms with Gasteiger partial charge in [0.15, 0.2) is 0 Å². The molecule has 1 saturated heterocycles. The van der Waals surface area contributed by atoms with E-state index in [1.54, 1.807) is 22.5 Å². The molecule has 34 heavy (non-hydrogen) atoms. The average molecular weight is 493 g/mol. The fourth-order valence-electron chi connectivity index (χ4n) is 5.98. The van der Waals surface area contributed by atoms with E-state index in [1.807, 2.05) is 0 Å². The maximum Gasteiger partial charge on any atom is 0.355 e. The second-order valence-corrected chi connectivity index (χ2v) is 12.4. The molecule has 0 spiro atoms. The number of hydrogen-bond donors (Lipinski definition) is 0. The van der Waals surface area contributed by atoms with Gasteiger partial charge in [0, 0.05) is 18.3 Å². The van der Waals surface area contributed by atoms with Crippen molar-refractivity contribution in [3.63, 3.8) is 0 Å². The van der Waals surface area contributed by atoms with E-state index < -0.39 is 22.0 Å². The van der Waals surface area contributed by atoms with E-state index in [4.69, 9.17) is 14.2 Å². The zero-order chi connectivity index (χ0) is 24.9. The summed E-state index contributed by atoms with van der Waals surface area (Å²) in [5, 5.41) is 0. The summed E-state index contributed by atoms with van der Waals surface area (Å²) in [5.41, 5.74) is 0.419. The number of ether oxygens (including phenoxy) is 3. The van der Waals surface area contributed by atoms with E-state index in [1.165, 1.54) is 25.2 Å². The molecule has 2 fully saturated rings. The molecule has 10 heteroatoms. The summed E-state index contributed by atoms with van der Waals surface area (Å²) in [6, 6.07) is 6.31. The van der Waals surface area contributed by atoms with E-state index in [-0.39, 0.29) is 46.4 Å². The molecule has 1 aromatic rings. The van der Waals surface area contributed by atoms with Crippen LogP contribution < -0.4 is 4.90 Å². The number of benzene rings is 1. The third-order valence-corrected chi connectivity index (χ3v) is 8.83. The van der Waals surface area contributed by atoms with Gasteiger partial charge in [-0.05, 0) is 48.3 Å². The summed E-state index contributed by atoms with van der Waals surface area (Å²) in [7, 11) is -1.35. The Labute approximate surface area is 200 Å². The van der Waals surface area contributed by atoms with Crippen LogP contribution in [0.1, 0.15) is 40.0 Å². The van der Waals surface area contributed by atoms with Crippen LogP contribution in [0.5, 0.6) is 0 Å². The molecule has 1 saturated carbocycles. The fraction of sp³-hybridized carbons (Fsp3) is 0.583. The zero-order valence-electron chi connectivity index (χ0n) is 20.3. The van der Waals surface area contributed by atoms with E-state index in [0.717, 1.165) is 19.3 Å². The molecule has 2 bridgehead atoms. The van der Waals surface area contributed by atoms with Crippen molar-refractivity contribution in [3.8, 4) is 0 Å². The number of hydrogen-bond acceptors (Lipinski definition) is 8. The van der Waals surface area contributed by atoms with Gasteiger partial charge in [-0.2, -0.15) is 4.31 Å². The minimum Gasteiger partial charge on any atom is -0.466 e. The number of nitrogens with zero attached hydrogens (tertiary/aromatic N) is 2. The highest BCUT2D eigenvalue weighted by atomic mass is 32.2. The monoisotopic (exact) mass is 492 g/mol. The first-order chi connectivity index (χ1) is 15.9. The molecule has 186 valence electrons. The standard InChI is InChI=1S/C24H32N2O7S/c1-23(2)10-17-11-24(3,13-23)14-26(17)34(29,30)18-8-6-7-16(9-18)25-15-33-12-19(21(27)31-4)20(25)22(28)32-5/h6-9,17H,10-15H2,1-5H3. The molecule has 3 aliphatic rings. The van der Waals surface area contributed by atoms with Gasteiger partial charge in [-0.25, -0.2) is 18.0 Å². The van der Waals surface area contributed by atoms with Gasteiger partial charge in [0.25, 0.3) is 0 Å². The third-order valence-electron chi connectivity index (χ3n) is 6.94. The molecule has 0 radical (unpaired) electrons. The van der Waals surface area contributed by atoms with Gasteiger partial charge in [-0.15, -0.1) is 0 Å². The minimum absolute atomic E-state index is 0.0114. The molecule has 2 atom stereocenters. The zero-order valence-corrected chi connectivity index (χ0v) is 21.1. The lowest BCUT2D eigenvalue weighted by Crippen LogP contribution is -2.39. The Kier molecular flexibility index (Phi) is 6.28. The van der Waals surface area contributed by atoms with Gasteiger partial charge in [-0.1, -0.05) is 26.8 Å². The third kappa shape index (κ3) is 4.34. The van der Waals surface area contributed by atoms with Gasteiger partial charge in [0.05, 0.1) is 31.3 Å². The summed E-state index contributed by atoms with van der Waals surface area (Å²) in [6.07, 6.45) is 2.66.